The van der Waals surface area contributed by atoms with Crippen LogP contribution in [-0.2, 0) is 4.74 Å². The molecular weight excluding hydrogens is 324 g/mol. The van der Waals surface area contributed by atoms with Crippen molar-refractivity contribution in [1.82, 2.24) is 4.90 Å². The number of rotatable bonds is 4. The van der Waals surface area contributed by atoms with Gasteiger partial charge in [0, 0.05) is 42.1 Å². The van der Waals surface area contributed by atoms with E-state index in [0.717, 1.165) is 0 Å². The molecular formula is C14H15BrN2O3. The van der Waals surface area contributed by atoms with Gasteiger partial charge < -0.3 is 15.0 Å². The first-order valence-corrected chi connectivity index (χ1v) is 6.68. The Morgan fingerprint density at radius 1 is 1.40 bits per heavy atom. The van der Waals surface area contributed by atoms with E-state index in [4.69, 9.17) is 4.74 Å². The maximum Gasteiger partial charge on any atom is 0.338 e. The van der Waals surface area contributed by atoms with Crippen LogP contribution in [-0.4, -0.2) is 37.6 Å². The lowest BCUT2D eigenvalue weighted by molar-refractivity contribution is 0.0513. The second-order valence-corrected chi connectivity index (χ2v) is 4.46. The first kappa shape index (κ1) is 16.1. The normalized spacial score (nSPS) is 9.15. The summed E-state index contributed by atoms with van der Waals surface area (Å²) < 4.78 is 5.05. The van der Waals surface area contributed by atoms with Gasteiger partial charge in [-0.05, 0) is 23.0 Å². The number of nitrogens with zero attached hydrogens (tertiary/aromatic N) is 1. The lowest BCUT2D eigenvalue weighted by atomic mass is 10.2. The van der Waals surface area contributed by atoms with Crippen LogP contribution in [0.4, 0.5) is 10.5 Å². The van der Waals surface area contributed by atoms with Crippen LogP contribution in [0.25, 0.3) is 0 Å². The Hall–Kier alpha value is -2.00. The monoisotopic (exact) mass is 338 g/mol. The van der Waals surface area contributed by atoms with Crippen molar-refractivity contribution >= 4 is 33.6 Å². The Morgan fingerprint density at radius 2 is 2.15 bits per heavy atom. The maximum atomic E-state index is 11.8. The van der Waals surface area contributed by atoms with Crippen LogP contribution in [0.5, 0.6) is 0 Å². The molecule has 0 aliphatic heterocycles. The van der Waals surface area contributed by atoms with Crippen molar-refractivity contribution in [1.29, 1.82) is 0 Å². The molecule has 0 aliphatic carbocycles. The number of carbonyl (C=O) groups excluding carboxylic acids is 2. The van der Waals surface area contributed by atoms with E-state index >= 15 is 0 Å². The van der Waals surface area contributed by atoms with E-state index in [2.05, 4.69) is 32.0 Å². The van der Waals surface area contributed by atoms with Crippen molar-refractivity contribution in [2.24, 2.45) is 0 Å². The second-order valence-electron chi connectivity index (χ2n) is 4.06. The summed E-state index contributed by atoms with van der Waals surface area (Å²) in [6.45, 7) is 0.228. The summed E-state index contributed by atoms with van der Waals surface area (Å²) in [4.78, 5) is 27.2. The van der Waals surface area contributed by atoms with Crippen LogP contribution < -0.4 is 5.32 Å². The molecule has 5 nitrogen and oxygen atoms in total. The average Bonchev–Trinajstić information content (AvgIpc) is 2.43. The molecule has 0 radical (unpaired) electrons. The molecule has 20 heavy (non-hydrogen) atoms. The molecule has 0 fully saturated rings. The SMILES string of the molecule is CN(C)C(=O)Nc1cccc(C(=O)OCCC#CBr)c1. The van der Waals surface area contributed by atoms with Crippen LogP contribution in [0.15, 0.2) is 24.3 Å². The van der Waals surface area contributed by atoms with Crippen LogP contribution in [0.3, 0.4) is 0 Å². The molecule has 0 spiro atoms. The van der Waals surface area contributed by atoms with E-state index in [1.165, 1.54) is 4.90 Å². The molecule has 1 aromatic rings. The van der Waals surface area contributed by atoms with Gasteiger partial charge in [-0.2, -0.15) is 0 Å². The van der Waals surface area contributed by atoms with Gasteiger partial charge in [-0.3, -0.25) is 0 Å². The lowest BCUT2D eigenvalue weighted by Gasteiger charge is -2.12. The summed E-state index contributed by atoms with van der Waals surface area (Å²) in [6, 6.07) is 6.32. The Bertz CT molecular complexity index is 547. The van der Waals surface area contributed by atoms with Crippen molar-refractivity contribution in [3.63, 3.8) is 0 Å². The van der Waals surface area contributed by atoms with Gasteiger partial charge in [-0.25, -0.2) is 9.59 Å². The summed E-state index contributed by atoms with van der Waals surface area (Å²) in [7, 11) is 3.27. The molecule has 0 aliphatic rings. The van der Waals surface area contributed by atoms with Gasteiger partial charge in [0.1, 0.15) is 6.61 Å². The Kier molecular flexibility index (Phi) is 6.60. The van der Waals surface area contributed by atoms with Gasteiger partial charge in [0.15, 0.2) is 0 Å². The summed E-state index contributed by atoms with van der Waals surface area (Å²) in [5.74, 6) is 2.29. The highest BCUT2D eigenvalue weighted by Gasteiger charge is 2.09. The molecule has 0 bridgehead atoms. The number of anilines is 1. The van der Waals surface area contributed by atoms with Crippen molar-refractivity contribution in [3.8, 4) is 10.8 Å². The molecule has 0 atom stereocenters. The predicted octanol–water partition coefficient (Wildman–Crippen LogP) is 2.68. The van der Waals surface area contributed by atoms with Crippen LogP contribution >= 0.6 is 15.9 Å². The van der Waals surface area contributed by atoms with Gasteiger partial charge in [-0.15, -0.1) is 0 Å². The fourth-order valence-corrected chi connectivity index (χ4v) is 1.48. The molecule has 0 unspecified atom stereocenters. The predicted molar refractivity (Wildman–Crippen MR) is 80.8 cm³/mol. The fourth-order valence-electron chi connectivity index (χ4n) is 1.28. The highest BCUT2D eigenvalue weighted by atomic mass is 79.9. The maximum absolute atomic E-state index is 11.8. The lowest BCUT2D eigenvalue weighted by Crippen LogP contribution is -2.27. The third-order valence-electron chi connectivity index (χ3n) is 2.28. The largest absolute Gasteiger partial charge is 0.461 e. The molecule has 0 saturated heterocycles. The van der Waals surface area contributed by atoms with Crippen molar-refractivity contribution < 1.29 is 14.3 Å². The van der Waals surface area contributed by atoms with E-state index in [1.807, 2.05) is 0 Å². The minimum absolute atomic E-state index is 0.228. The zero-order chi connectivity index (χ0) is 15.0. The third kappa shape index (κ3) is 5.33. The quantitative estimate of drug-likeness (QED) is 0.521. The molecule has 106 valence electrons. The topological polar surface area (TPSA) is 58.6 Å². The average molecular weight is 339 g/mol. The van der Waals surface area contributed by atoms with Gasteiger partial charge in [0.05, 0.1) is 5.56 Å². The summed E-state index contributed by atoms with van der Waals surface area (Å²) in [5.41, 5.74) is 0.923. The summed E-state index contributed by atoms with van der Waals surface area (Å²) >= 11 is 2.96. The molecule has 1 N–H and O–H groups in total. The zero-order valence-electron chi connectivity index (χ0n) is 11.3. The molecule has 1 rings (SSSR count). The molecule has 0 saturated carbocycles. The number of urea groups is 1. The molecule has 2 amide bonds. The standard InChI is InChI=1S/C14H15BrN2O3/c1-17(2)14(19)16-12-7-5-6-11(10-12)13(18)20-9-4-3-8-15/h5-7,10H,4,9H2,1-2H3,(H,16,19). The smallest absolute Gasteiger partial charge is 0.338 e. The van der Waals surface area contributed by atoms with E-state index < -0.39 is 5.97 Å². The Morgan fingerprint density at radius 3 is 2.80 bits per heavy atom. The molecule has 6 heteroatoms. The van der Waals surface area contributed by atoms with E-state index in [-0.39, 0.29) is 12.6 Å². The first-order valence-electron chi connectivity index (χ1n) is 5.88. The third-order valence-corrected chi connectivity index (χ3v) is 2.56. The summed E-state index contributed by atoms with van der Waals surface area (Å²) in [6.07, 6.45) is 0.466. The van der Waals surface area contributed by atoms with E-state index in [9.17, 15) is 9.59 Å². The van der Waals surface area contributed by atoms with Crippen LogP contribution in [0, 0.1) is 10.8 Å². The van der Waals surface area contributed by atoms with Crippen molar-refractivity contribution in [3.05, 3.63) is 29.8 Å². The number of nitrogens with one attached hydrogen (secondary N) is 1. The van der Waals surface area contributed by atoms with E-state index in [1.54, 1.807) is 38.4 Å². The zero-order valence-corrected chi connectivity index (χ0v) is 12.9. The van der Waals surface area contributed by atoms with Gasteiger partial charge in [0.2, 0.25) is 0 Å². The number of ether oxygens (including phenoxy) is 1. The molecule has 0 heterocycles. The number of hydrogen-bond acceptors (Lipinski definition) is 3. The van der Waals surface area contributed by atoms with Crippen molar-refractivity contribution in [2.75, 3.05) is 26.0 Å². The Balaban J connectivity index is 2.64. The number of benzene rings is 1. The van der Waals surface area contributed by atoms with Crippen LogP contribution in [0.2, 0.25) is 0 Å². The number of carbonyl (C=O) groups is 2. The number of esters is 1. The van der Waals surface area contributed by atoms with Gasteiger partial charge in [0.25, 0.3) is 0 Å². The minimum atomic E-state index is -0.442. The number of amides is 2. The summed E-state index contributed by atoms with van der Waals surface area (Å²) in [5, 5.41) is 2.66. The second kappa shape index (κ2) is 8.23. The Labute approximate surface area is 126 Å². The van der Waals surface area contributed by atoms with Crippen molar-refractivity contribution in [2.45, 2.75) is 6.42 Å². The fraction of sp³-hybridized carbons (Fsp3) is 0.286. The van der Waals surface area contributed by atoms with Gasteiger partial charge >= 0.3 is 12.0 Å². The number of halogens is 1. The molecule has 0 aromatic heterocycles. The van der Waals surface area contributed by atoms with Gasteiger partial charge in [-0.1, -0.05) is 12.0 Å². The first-order chi connectivity index (χ1) is 9.54. The molecule has 1 aromatic carbocycles. The van der Waals surface area contributed by atoms with E-state index in [0.29, 0.717) is 17.7 Å². The highest BCUT2D eigenvalue weighted by Crippen LogP contribution is 2.12. The minimum Gasteiger partial charge on any atom is -0.461 e. The van der Waals surface area contributed by atoms with Crippen LogP contribution in [0.1, 0.15) is 16.8 Å². The highest BCUT2D eigenvalue weighted by molar-refractivity contribution is 9.12. The number of hydrogen-bond donors (Lipinski definition) is 1.